The lowest BCUT2D eigenvalue weighted by molar-refractivity contribution is -0.112. The fourth-order valence-corrected chi connectivity index (χ4v) is 4.86. The maximum absolute atomic E-state index is 12.2. The van der Waals surface area contributed by atoms with Gasteiger partial charge in [0.05, 0.1) is 5.70 Å². The summed E-state index contributed by atoms with van der Waals surface area (Å²) >= 11 is 1.82. The van der Waals surface area contributed by atoms with Gasteiger partial charge < -0.3 is 0 Å². The van der Waals surface area contributed by atoms with Crippen molar-refractivity contribution in [2.24, 2.45) is 16.1 Å². The molecule has 1 atom stereocenters. The summed E-state index contributed by atoms with van der Waals surface area (Å²) in [7, 11) is 0. The quantitative estimate of drug-likeness (QED) is 0.556. The summed E-state index contributed by atoms with van der Waals surface area (Å²) in [5, 5.41) is 9.20. The van der Waals surface area contributed by atoms with Gasteiger partial charge in [0.15, 0.2) is 5.78 Å². The van der Waals surface area contributed by atoms with Gasteiger partial charge in [-0.2, -0.15) is 5.11 Å². The highest BCUT2D eigenvalue weighted by atomic mass is 32.2. The second-order valence-electron chi connectivity index (χ2n) is 7.04. The van der Waals surface area contributed by atoms with Crippen LogP contribution in [0, 0.1) is 5.92 Å². The van der Waals surface area contributed by atoms with Crippen molar-refractivity contribution >= 4 is 17.5 Å². The number of ketones is 1. The molecule has 0 saturated heterocycles. The van der Waals surface area contributed by atoms with E-state index in [1.165, 1.54) is 10.5 Å². The van der Waals surface area contributed by atoms with Crippen LogP contribution >= 0.6 is 11.8 Å². The Kier molecular flexibility index (Phi) is 5.08. The summed E-state index contributed by atoms with van der Waals surface area (Å²) in [5.41, 5.74) is 5.52. The van der Waals surface area contributed by atoms with Crippen LogP contribution in [0.25, 0.3) is 0 Å². The van der Waals surface area contributed by atoms with Crippen LogP contribution in [-0.2, 0) is 4.79 Å². The van der Waals surface area contributed by atoms with Crippen LogP contribution in [0.5, 0.6) is 0 Å². The Labute approximate surface area is 164 Å². The maximum Gasteiger partial charge on any atom is 0.184 e. The zero-order valence-corrected chi connectivity index (χ0v) is 16.4. The van der Waals surface area contributed by atoms with Crippen LogP contribution in [0.3, 0.4) is 0 Å². The third kappa shape index (κ3) is 3.67. The molecule has 136 valence electrons. The molecule has 4 heteroatoms. The van der Waals surface area contributed by atoms with Gasteiger partial charge in [0.25, 0.3) is 0 Å². The molecule has 0 aromatic heterocycles. The number of fused-ring (bicyclic) bond motifs is 1. The molecule has 0 amide bonds. The highest BCUT2D eigenvalue weighted by Gasteiger charge is 2.28. The topological polar surface area (TPSA) is 41.8 Å². The summed E-state index contributed by atoms with van der Waals surface area (Å²) in [6.07, 6.45) is 20.8. The molecule has 0 radical (unpaired) electrons. The minimum Gasteiger partial charge on any atom is -0.289 e. The van der Waals surface area contributed by atoms with Crippen molar-refractivity contribution < 1.29 is 4.79 Å². The zero-order valence-electron chi connectivity index (χ0n) is 15.6. The second kappa shape index (κ2) is 7.65. The van der Waals surface area contributed by atoms with Crippen LogP contribution in [0.2, 0.25) is 0 Å². The number of hydrogen-bond donors (Lipinski definition) is 0. The minimum atomic E-state index is 0.100. The van der Waals surface area contributed by atoms with E-state index in [9.17, 15) is 4.79 Å². The van der Waals surface area contributed by atoms with E-state index >= 15 is 0 Å². The molecule has 0 bridgehead atoms. The predicted molar refractivity (Wildman–Crippen MR) is 112 cm³/mol. The lowest BCUT2D eigenvalue weighted by atomic mass is 9.92. The van der Waals surface area contributed by atoms with E-state index in [0.29, 0.717) is 5.92 Å². The van der Waals surface area contributed by atoms with Crippen molar-refractivity contribution in [1.29, 1.82) is 0 Å². The van der Waals surface area contributed by atoms with Crippen molar-refractivity contribution in [3.63, 3.8) is 0 Å². The van der Waals surface area contributed by atoms with Crippen LogP contribution < -0.4 is 0 Å². The molecule has 4 rings (SSSR count). The van der Waals surface area contributed by atoms with E-state index in [4.69, 9.17) is 0 Å². The Bertz CT molecular complexity index is 940. The third-order valence-corrected chi connectivity index (χ3v) is 6.23. The van der Waals surface area contributed by atoms with E-state index in [1.807, 2.05) is 43.8 Å². The molecule has 0 fully saturated rings. The van der Waals surface area contributed by atoms with Gasteiger partial charge in [-0.25, -0.2) is 0 Å². The Morgan fingerprint density at radius 3 is 2.67 bits per heavy atom. The summed E-state index contributed by atoms with van der Waals surface area (Å²) in [6, 6.07) is 0. The average molecular weight is 375 g/mol. The molecule has 0 N–H and O–H groups in total. The number of Topliss-reactive ketones (excluding diaryl/α,β-unsaturated/α-hetero) is 1. The molecule has 3 nitrogen and oxygen atoms in total. The van der Waals surface area contributed by atoms with Gasteiger partial charge in [-0.05, 0) is 61.6 Å². The lowest BCUT2D eigenvalue weighted by Gasteiger charge is -2.14. The average Bonchev–Trinajstić information content (AvgIpc) is 3.11. The number of carbonyl (C=O) groups excluding carboxylic acids is 1. The standard InChI is InChI=1S/C23H22N2OS/c1-15-12-18(13-16(2)22(15)26)21(25-24-19-9-4-3-5-10-19)23-20-11-7-6-8-17(20)14-27-23/h4,6-13,17H,3,5,14H2,1-2H3. The molecule has 0 saturated carbocycles. The molecule has 3 aliphatic carbocycles. The number of azo groups is 1. The molecular weight excluding hydrogens is 352 g/mol. The van der Waals surface area contributed by atoms with Crippen molar-refractivity contribution in [1.82, 2.24) is 0 Å². The fourth-order valence-electron chi connectivity index (χ4n) is 3.54. The number of rotatable bonds is 3. The first-order chi connectivity index (χ1) is 13.1. The lowest BCUT2D eigenvalue weighted by Crippen LogP contribution is -2.07. The van der Waals surface area contributed by atoms with Gasteiger partial charge in [0.2, 0.25) is 0 Å². The fraction of sp³-hybridized carbons (Fsp3) is 0.261. The van der Waals surface area contributed by atoms with Crippen LogP contribution in [0.15, 0.2) is 104 Å². The van der Waals surface area contributed by atoms with Crippen LogP contribution in [0.1, 0.15) is 26.7 Å². The summed E-state index contributed by atoms with van der Waals surface area (Å²) in [6.45, 7) is 3.73. The summed E-state index contributed by atoms with van der Waals surface area (Å²) in [5.74, 6) is 1.54. The smallest absolute Gasteiger partial charge is 0.184 e. The van der Waals surface area contributed by atoms with Crippen molar-refractivity contribution in [2.45, 2.75) is 26.7 Å². The molecule has 4 aliphatic rings. The van der Waals surface area contributed by atoms with E-state index in [2.05, 4.69) is 46.7 Å². The zero-order chi connectivity index (χ0) is 18.8. The van der Waals surface area contributed by atoms with Gasteiger partial charge in [-0.15, -0.1) is 16.9 Å². The first kappa shape index (κ1) is 17.9. The largest absolute Gasteiger partial charge is 0.289 e. The summed E-state index contributed by atoms with van der Waals surface area (Å²) < 4.78 is 0. The first-order valence-electron chi connectivity index (χ1n) is 9.29. The number of allylic oxidation sites excluding steroid dienone is 13. The highest BCUT2D eigenvalue weighted by Crippen LogP contribution is 2.45. The van der Waals surface area contributed by atoms with E-state index in [-0.39, 0.29) is 5.78 Å². The summed E-state index contributed by atoms with van der Waals surface area (Å²) in [4.78, 5) is 13.3. The second-order valence-corrected chi connectivity index (χ2v) is 8.07. The molecule has 1 aliphatic heterocycles. The number of hydrogen-bond acceptors (Lipinski definition) is 4. The van der Waals surface area contributed by atoms with Crippen LogP contribution in [0.4, 0.5) is 0 Å². The van der Waals surface area contributed by atoms with E-state index in [1.54, 1.807) is 0 Å². The Morgan fingerprint density at radius 1 is 1.11 bits per heavy atom. The van der Waals surface area contributed by atoms with Crippen molar-refractivity contribution in [2.75, 3.05) is 5.75 Å². The minimum absolute atomic E-state index is 0.100. The van der Waals surface area contributed by atoms with E-state index in [0.717, 1.165) is 46.7 Å². The van der Waals surface area contributed by atoms with Crippen LogP contribution in [-0.4, -0.2) is 11.5 Å². The maximum atomic E-state index is 12.2. The van der Waals surface area contributed by atoms with Gasteiger partial charge in [0.1, 0.15) is 5.70 Å². The molecular formula is C23H22N2OS. The Hall–Kier alpha value is -2.46. The SMILES string of the molecule is CC1=CC(=C(N=NC2=CCCC=C2)C2=C3C=CC=CC3CS2)C=C(C)C1=O. The molecule has 0 spiro atoms. The molecule has 0 aromatic rings. The molecule has 1 heterocycles. The van der Waals surface area contributed by atoms with Gasteiger partial charge >= 0.3 is 0 Å². The highest BCUT2D eigenvalue weighted by molar-refractivity contribution is 8.03. The monoisotopic (exact) mass is 374 g/mol. The first-order valence-corrected chi connectivity index (χ1v) is 10.3. The number of carbonyl (C=O) groups is 1. The van der Waals surface area contributed by atoms with Crippen molar-refractivity contribution in [3.8, 4) is 0 Å². The van der Waals surface area contributed by atoms with Crippen molar-refractivity contribution in [3.05, 3.63) is 93.3 Å². The third-order valence-electron chi connectivity index (χ3n) is 4.99. The number of nitrogens with zero attached hydrogens (tertiary/aromatic N) is 2. The molecule has 27 heavy (non-hydrogen) atoms. The van der Waals surface area contributed by atoms with E-state index < -0.39 is 0 Å². The van der Waals surface area contributed by atoms with Gasteiger partial charge in [-0.3, -0.25) is 4.79 Å². The molecule has 1 unspecified atom stereocenters. The Morgan fingerprint density at radius 2 is 1.93 bits per heavy atom. The van der Waals surface area contributed by atoms with Gasteiger partial charge in [-0.1, -0.05) is 36.5 Å². The van der Waals surface area contributed by atoms with Gasteiger partial charge in [0, 0.05) is 22.1 Å². The molecule has 0 aromatic carbocycles. The number of thioether (sulfide) groups is 1. The Balaban J connectivity index is 1.83. The predicted octanol–water partition coefficient (Wildman–Crippen LogP) is 6.15. The normalized spacial score (nSPS) is 24.4.